The van der Waals surface area contributed by atoms with Gasteiger partial charge in [0.1, 0.15) is 5.60 Å². The zero-order valence-electron chi connectivity index (χ0n) is 23.2. The van der Waals surface area contributed by atoms with Crippen LogP contribution in [0.4, 0.5) is 4.79 Å². The highest BCUT2D eigenvalue weighted by Gasteiger charge is 2.36. The maximum Gasteiger partial charge on any atom is 0.407 e. The van der Waals surface area contributed by atoms with Gasteiger partial charge >= 0.3 is 18.0 Å². The molecule has 2 N–H and O–H groups in total. The Morgan fingerprint density at radius 1 is 0.919 bits per heavy atom. The second-order valence-corrected chi connectivity index (χ2v) is 12.3. The van der Waals surface area contributed by atoms with Crippen LogP contribution in [0.5, 0.6) is 0 Å². The van der Waals surface area contributed by atoms with Gasteiger partial charge in [-0.1, -0.05) is 6.92 Å². The quantitative estimate of drug-likeness (QED) is 0.274. The van der Waals surface area contributed by atoms with Crippen LogP contribution in [-0.2, 0) is 38.1 Å². The molecule has 2 rings (SSSR count). The minimum atomic E-state index is -3.42. The molecule has 0 radical (unpaired) electrons. The highest BCUT2D eigenvalue weighted by molar-refractivity contribution is 7.86. The first-order valence-corrected chi connectivity index (χ1v) is 14.8. The molecule has 0 saturated heterocycles. The van der Waals surface area contributed by atoms with Crippen molar-refractivity contribution in [2.45, 2.75) is 104 Å². The van der Waals surface area contributed by atoms with Crippen LogP contribution in [-0.4, -0.2) is 74.9 Å². The molecule has 37 heavy (non-hydrogen) atoms. The standard InChI is InChI=1S/C14H25NO5.C11H20O5S/c1-5-19-12(17)9-6-7-11(16)10(8-9)15-13(18)20-14(2,3)4;1-4-15-11(12)9-5-6-10(8(2)7-9)16-17(3,13)14/h9-11,16H,5-8H2,1-4H3,(H,15,18);8-10H,4-7H2,1-3H3/t9-,10+,11+;8-,9+,10-/m10/s1. The van der Waals surface area contributed by atoms with Crippen molar-refractivity contribution < 1.29 is 46.3 Å². The van der Waals surface area contributed by atoms with E-state index >= 15 is 0 Å². The Hall–Kier alpha value is -1.92. The number of amides is 1. The van der Waals surface area contributed by atoms with Crippen molar-refractivity contribution in [1.29, 1.82) is 0 Å². The second-order valence-electron chi connectivity index (χ2n) is 10.7. The van der Waals surface area contributed by atoms with Crippen molar-refractivity contribution in [2.75, 3.05) is 19.5 Å². The molecular weight excluding hydrogens is 506 g/mol. The maximum absolute atomic E-state index is 11.7. The fourth-order valence-electron chi connectivity index (χ4n) is 4.45. The van der Waals surface area contributed by atoms with Gasteiger partial charge in [-0.15, -0.1) is 0 Å². The second kappa shape index (κ2) is 14.9. The Labute approximate surface area is 221 Å². The van der Waals surface area contributed by atoms with Crippen LogP contribution < -0.4 is 5.32 Å². The molecule has 0 unspecified atom stereocenters. The smallest absolute Gasteiger partial charge is 0.407 e. The first kappa shape index (κ1) is 33.1. The lowest BCUT2D eigenvalue weighted by atomic mass is 9.80. The average molecular weight is 552 g/mol. The summed E-state index contributed by atoms with van der Waals surface area (Å²) < 4.78 is 42.2. The molecule has 11 nitrogen and oxygen atoms in total. The van der Waals surface area contributed by atoms with Gasteiger partial charge in [0, 0.05) is 0 Å². The predicted molar refractivity (Wildman–Crippen MR) is 136 cm³/mol. The molecule has 2 aliphatic rings. The third-order valence-electron chi connectivity index (χ3n) is 6.14. The molecule has 0 aliphatic heterocycles. The molecule has 2 fully saturated rings. The molecular formula is C25H45NO10S. The number of alkyl carbamates (subject to hydrolysis) is 1. The number of hydrogen-bond donors (Lipinski definition) is 2. The highest BCUT2D eigenvalue weighted by atomic mass is 32.2. The van der Waals surface area contributed by atoms with Crippen molar-refractivity contribution in [1.82, 2.24) is 5.32 Å². The number of aliphatic hydroxyl groups excluding tert-OH is 1. The number of esters is 2. The molecule has 6 atom stereocenters. The van der Waals surface area contributed by atoms with Gasteiger partial charge in [-0.25, -0.2) is 4.79 Å². The summed E-state index contributed by atoms with van der Waals surface area (Å²) in [6, 6.07) is -0.479. The van der Waals surface area contributed by atoms with Gasteiger partial charge < -0.3 is 24.6 Å². The summed E-state index contributed by atoms with van der Waals surface area (Å²) in [5, 5.41) is 12.6. The van der Waals surface area contributed by atoms with E-state index in [1.165, 1.54) is 0 Å². The van der Waals surface area contributed by atoms with Crippen LogP contribution in [0.3, 0.4) is 0 Å². The topological polar surface area (TPSA) is 155 Å². The third-order valence-corrected chi connectivity index (χ3v) is 6.74. The van der Waals surface area contributed by atoms with Gasteiger partial charge in [-0.2, -0.15) is 8.42 Å². The first-order chi connectivity index (χ1) is 17.1. The van der Waals surface area contributed by atoms with Crippen LogP contribution >= 0.6 is 0 Å². The largest absolute Gasteiger partial charge is 0.466 e. The van der Waals surface area contributed by atoms with Crippen LogP contribution in [0.2, 0.25) is 0 Å². The van der Waals surface area contributed by atoms with E-state index in [2.05, 4.69) is 5.32 Å². The summed E-state index contributed by atoms with van der Waals surface area (Å²) in [6.07, 6.45) is 2.75. The van der Waals surface area contributed by atoms with E-state index in [1.807, 2.05) is 6.92 Å². The predicted octanol–water partition coefficient (Wildman–Crippen LogP) is 2.93. The summed E-state index contributed by atoms with van der Waals surface area (Å²) in [5.74, 6) is -0.803. The summed E-state index contributed by atoms with van der Waals surface area (Å²) in [5.41, 5.74) is -0.593. The summed E-state index contributed by atoms with van der Waals surface area (Å²) in [4.78, 5) is 35.0. The van der Waals surface area contributed by atoms with Gasteiger partial charge in [0.25, 0.3) is 10.1 Å². The lowest BCUT2D eigenvalue weighted by Gasteiger charge is -2.33. The van der Waals surface area contributed by atoms with Crippen LogP contribution in [0.1, 0.15) is 80.1 Å². The van der Waals surface area contributed by atoms with Gasteiger partial charge in [-0.3, -0.25) is 13.8 Å². The summed E-state index contributed by atoms with van der Waals surface area (Å²) >= 11 is 0. The molecule has 2 saturated carbocycles. The molecule has 0 spiro atoms. The molecule has 1 amide bonds. The lowest BCUT2D eigenvalue weighted by Crippen LogP contribution is -2.49. The molecule has 0 bridgehead atoms. The van der Waals surface area contributed by atoms with Crippen molar-refractivity contribution >= 4 is 28.1 Å². The van der Waals surface area contributed by atoms with Crippen LogP contribution in [0.25, 0.3) is 0 Å². The molecule has 216 valence electrons. The Morgan fingerprint density at radius 2 is 1.43 bits per heavy atom. The van der Waals surface area contributed by atoms with Gasteiger partial charge in [0.05, 0.1) is 49.6 Å². The number of aliphatic hydroxyl groups is 1. The van der Waals surface area contributed by atoms with Gasteiger partial charge in [0.15, 0.2) is 0 Å². The third kappa shape index (κ3) is 12.9. The van der Waals surface area contributed by atoms with E-state index in [1.54, 1.807) is 34.6 Å². The lowest BCUT2D eigenvalue weighted by molar-refractivity contribution is -0.151. The number of nitrogens with one attached hydrogen (secondary N) is 1. The Kier molecular flexibility index (Phi) is 13.3. The molecule has 0 aromatic rings. The molecule has 0 aromatic heterocycles. The van der Waals surface area contributed by atoms with E-state index < -0.39 is 34.0 Å². The number of carbonyl (C=O) groups is 3. The fraction of sp³-hybridized carbons (Fsp3) is 0.880. The molecule has 12 heteroatoms. The number of hydrogen-bond acceptors (Lipinski definition) is 10. The highest BCUT2D eigenvalue weighted by Crippen LogP contribution is 2.32. The Balaban J connectivity index is 0.000000375. The van der Waals surface area contributed by atoms with E-state index in [-0.39, 0.29) is 35.8 Å². The van der Waals surface area contributed by atoms with E-state index in [4.69, 9.17) is 18.4 Å². The van der Waals surface area contributed by atoms with Crippen molar-refractivity contribution in [3.63, 3.8) is 0 Å². The fourth-order valence-corrected chi connectivity index (χ4v) is 5.19. The zero-order valence-corrected chi connectivity index (χ0v) is 24.0. The normalized spacial score (nSPS) is 28.2. The van der Waals surface area contributed by atoms with Gasteiger partial charge in [-0.05, 0) is 79.1 Å². The maximum atomic E-state index is 11.7. The molecule has 0 heterocycles. The zero-order chi connectivity index (χ0) is 28.4. The SMILES string of the molecule is CCOC(=O)[C@@H]1CC[C@H](O)[C@@H](NC(=O)OC(C)(C)C)C1.CCOC(=O)[C@@H]1CC[C@H](OS(C)(=O)=O)[C@@H](C)C1. The van der Waals surface area contributed by atoms with Crippen LogP contribution in [0.15, 0.2) is 0 Å². The van der Waals surface area contributed by atoms with Crippen molar-refractivity contribution in [3.05, 3.63) is 0 Å². The van der Waals surface area contributed by atoms with Crippen molar-refractivity contribution in [2.24, 2.45) is 17.8 Å². The van der Waals surface area contributed by atoms with E-state index in [9.17, 15) is 27.9 Å². The number of ether oxygens (including phenoxy) is 3. The van der Waals surface area contributed by atoms with Crippen molar-refractivity contribution in [3.8, 4) is 0 Å². The first-order valence-electron chi connectivity index (χ1n) is 12.9. The monoisotopic (exact) mass is 551 g/mol. The summed E-state index contributed by atoms with van der Waals surface area (Å²) in [6.45, 7) is 11.5. The Bertz CT molecular complexity index is 854. The minimum absolute atomic E-state index is 0.0490. The van der Waals surface area contributed by atoms with Crippen LogP contribution in [0, 0.1) is 17.8 Å². The summed E-state index contributed by atoms with van der Waals surface area (Å²) in [7, 11) is -3.42. The van der Waals surface area contributed by atoms with E-state index in [0.717, 1.165) is 6.26 Å². The average Bonchev–Trinajstić information content (AvgIpc) is 2.75. The number of rotatable bonds is 7. The minimum Gasteiger partial charge on any atom is -0.466 e. The van der Waals surface area contributed by atoms with E-state index in [0.29, 0.717) is 51.7 Å². The Morgan fingerprint density at radius 3 is 1.89 bits per heavy atom. The number of carbonyl (C=O) groups excluding carboxylic acids is 3. The molecule has 0 aromatic carbocycles. The van der Waals surface area contributed by atoms with Gasteiger partial charge in [0.2, 0.25) is 0 Å². The molecule has 2 aliphatic carbocycles.